The Hall–Kier alpha value is -1.55. The molecule has 2 rings (SSSR count). The molecule has 1 heterocycles. The van der Waals surface area contributed by atoms with Gasteiger partial charge in [-0.1, -0.05) is 0 Å². The summed E-state index contributed by atoms with van der Waals surface area (Å²) in [6.45, 7) is 2.55. The van der Waals surface area contributed by atoms with Crippen LogP contribution in [0.2, 0.25) is 0 Å². The molecule has 0 fully saturated rings. The molecule has 0 amide bonds. The van der Waals surface area contributed by atoms with Crippen molar-refractivity contribution in [3.63, 3.8) is 0 Å². The summed E-state index contributed by atoms with van der Waals surface area (Å²) in [6.07, 6.45) is 0. The van der Waals surface area contributed by atoms with E-state index in [0.717, 1.165) is 11.1 Å². The lowest BCUT2D eigenvalue weighted by molar-refractivity contribution is -0.0165. The van der Waals surface area contributed by atoms with E-state index in [1.54, 1.807) is 6.07 Å². The summed E-state index contributed by atoms with van der Waals surface area (Å²) in [5.41, 5.74) is 1.62. The third kappa shape index (κ3) is 1.80. The standard InChI is InChI=1S/C11H12O4/c1-7-3-9(12)11(13-2)4-10-8(7)5-14-6-15-10/h3-4H,5-6H2,1-2H3. The highest BCUT2D eigenvalue weighted by Crippen LogP contribution is 2.26. The van der Waals surface area contributed by atoms with Crippen molar-refractivity contribution >= 4 is 0 Å². The Labute approximate surface area is 87.4 Å². The van der Waals surface area contributed by atoms with Crippen molar-refractivity contribution in [3.05, 3.63) is 33.5 Å². The molecule has 0 spiro atoms. The van der Waals surface area contributed by atoms with Crippen LogP contribution < -0.4 is 14.9 Å². The van der Waals surface area contributed by atoms with Gasteiger partial charge < -0.3 is 14.2 Å². The molecule has 15 heavy (non-hydrogen) atoms. The first kappa shape index (κ1) is 9.98. The predicted molar refractivity (Wildman–Crippen MR) is 54.3 cm³/mol. The van der Waals surface area contributed by atoms with Gasteiger partial charge >= 0.3 is 0 Å². The van der Waals surface area contributed by atoms with Crippen LogP contribution in [0, 0.1) is 6.92 Å². The minimum Gasteiger partial charge on any atom is -0.493 e. The molecule has 0 radical (unpaired) electrons. The molecule has 1 aliphatic rings. The van der Waals surface area contributed by atoms with E-state index in [-0.39, 0.29) is 12.2 Å². The van der Waals surface area contributed by atoms with E-state index in [0.29, 0.717) is 18.1 Å². The van der Waals surface area contributed by atoms with Crippen LogP contribution in [-0.2, 0) is 11.3 Å². The van der Waals surface area contributed by atoms with Crippen molar-refractivity contribution in [1.82, 2.24) is 0 Å². The lowest BCUT2D eigenvalue weighted by Crippen LogP contribution is -2.11. The first-order valence-electron chi connectivity index (χ1n) is 4.64. The maximum Gasteiger partial charge on any atom is 0.220 e. The predicted octanol–water partition coefficient (Wildman–Crippen LogP) is 1.23. The fourth-order valence-electron chi connectivity index (χ4n) is 1.55. The number of aryl methyl sites for hydroxylation is 1. The van der Waals surface area contributed by atoms with Gasteiger partial charge in [0.05, 0.1) is 13.7 Å². The normalized spacial score (nSPS) is 14.0. The molecule has 0 N–H and O–H groups in total. The van der Waals surface area contributed by atoms with Crippen molar-refractivity contribution in [2.24, 2.45) is 0 Å². The summed E-state index contributed by atoms with van der Waals surface area (Å²) in [4.78, 5) is 11.6. The number of fused-ring (bicyclic) bond motifs is 1. The molecular formula is C11H12O4. The van der Waals surface area contributed by atoms with Crippen LogP contribution in [0.15, 0.2) is 16.9 Å². The van der Waals surface area contributed by atoms with E-state index >= 15 is 0 Å². The fraction of sp³-hybridized carbons (Fsp3) is 0.364. The Morgan fingerprint density at radius 3 is 2.93 bits per heavy atom. The molecule has 0 saturated heterocycles. The van der Waals surface area contributed by atoms with Gasteiger partial charge in [0, 0.05) is 11.6 Å². The van der Waals surface area contributed by atoms with Gasteiger partial charge in [0.25, 0.3) is 0 Å². The van der Waals surface area contributed by atoms with E-state index in [2.05, 4.69) is 0 Å². The lowest BCUT2D eigenvalue weighted by Gasteiger charge is -2.16. The smallest absolute Gasteiger partial charge is 0.220 e. The summed E-state index contributed by atoms with van der Waals surface area (Å²) in [5, 5.41) is 0. The maximum absolute atomic E-state index is 11.6. The zero-order valence-electron chi connectivity index (χ0n) is 8.70. The Kier molecular flexibility index (Phi) is 2.60. The molecule has 0 aliphatic carbocycles. The molecule has 80 valence electrons. The van der Waals surface area contributed by atoms with Gasteiger partial charge in [-0.05, 0) is 18.6 Å². The number of hydrogen-bond acceptors (Lipinski definition) is 4. The van der Waals surface area contributed by atoms with Gasteiger partial charge in [0.2, 0.25) is 5.43 Å². The van der Waals surface area contributed by atoms with Gasteiger partial charge in [-0.15, -0.1) is 0 Å². The Balaban J connectivity index is 2.69. The fourth-order valence-corrected chi connectivity index (χ4v) is 1.55. The van der Waals surface area contributed by atoms with Gasteiger partial charge in [-0.25, -0.2) is 0 Å². The van der Waals surface area contributed by atoms with E-state index in [4.69, 9.17) is 14.2 Å². The zero-order chi connectivity index (χ0) is 10.8. The SMILES string of the molecule is COc1cc2c(c(C)cc1=O)COCO2. The third-order valence-corrected chi connectivity index (χ3v) is 2.39. The van der Waals surface area contributed by atoms with Crippen LogP contribution in [-0.4, -0.2) is 13.9 Å². The molecule has 1 aliphatic heterocycles. The molecular weight excluding hydrogens is 196 g/mol. The summed E-state index contributed by atoms with van der Waals surface area (Å²) in [5.74, 6) is 0.957. The minimum absolute atomic E-state index is 0.145. The molecule has 1 aromatic carbocycles. The van der Waals surface area contributed by atoms with Gasteiger partial charge in [-0.3, -0.25) is 4.79 Å². The third-order valence-electron chi connectivity index (χ3n) is 2.39. The Morgan fingerprint density at radius 1 is 1.40 bits per heavy atom. The summed E-state index contributed by atoms with van der Waals surface area (Å²) >= 11 is 0. The topological polar surface area (TPSA) is 44.8 Å². The van der Waals surface area contributed by atoms with Gasteiger partial charge in [0.15, 0.2) is 12.5 Å². The van der Waals surface area contributed by atoms with E-state index in [9.17, 15) is 4.79 Å². The van der Waals surface area contributed by atoms with Crippen molar-refractivity contribution < 1.29 is 14.2 Å². The van der Waals surface area contributed by atoms with Crippen LogP contribution in [0.1, 0.15) is 11.1 Å². The maximum atomic E-state index is 11.6. The van der Waals surface area contributed by atoms with E-state index in [1.165, 1.54) is 13.2 Å². The monoisotopic (exact) mass is 208 g/mol. The number of ether oxygens (including phenoxy) is 3. The average molecular weight is 208 g/mol. The summed E-state index contributed by atoms with van der Waals surface area (Å²) < 4.78 is 15.5. The van der Waals surface area contributed by atoms with Crippen LogP contribution >= 0.6 is 0 Å². The Morgan fingerprint density at radius 2 is 2.20 bits per heavy atom. The van der Waals surface area contributed by atoms with Crippen molar-refractivity contribution in [2.75, 3.05) is 13.9 Å². The summed E-state index contributed by atoms with van der Waals surface area (Å²) in [7, 11) is 1.47. The molecule has 0 atom stereocenters. The van der Waals surface area contributed by atoms with Crippen molar-refractivity contribution in [3.8, 4) is 11.5 Å². The van der Waals surface area contributed by atoms with Gasteiger partial charge in [0.1, 0.15) is 5.75 Å². The second-order valence-corrected chi connectivity index (χ2v) is 3.36. The quantitative estimate of drug-likeness (QED) is 0.696. The minimum atomic E-state index is -0.145. The van der Waals surface area contributed by atoms with E-state index < -0.39 is 0 Å². The zero-order valence-corrected chi connectivity index (χ0v) is 8.70. The molecule has 1 aromatic rings. The largest absolute Gasteiger partial charge is 0.493 e. The van der Waals surface area contributed by atoms with Crippen LogP contribution in [0.4, 0.5) is 0 Å². The highest BCUT2D eigenvalue weighted by Gasteiger charge is 2.14. The van der Waals surface area contributed by atoms with E-state index in [1.807, 2.05) is 6.92 Å². The second-order valence-electron chi connectivity index (χ2n) is 3.36. The Bertz CT molecular complexity index is 439. The number of methoxy groups -OCH3 is 1. The van der Waals surface area contributed by atoms with Crippen LogP contribution in [0.25, 0.3) is 0 Å². The average Bonchev–Trinajstić information content (AvgIpc) is 2.36. The van der Waals surface area contributed by atoms with Crippen molar-refractivity contribution in [1.29, 1.82) is 0 Å². The highest BCUT2D eigenvalue weighted by molar-refractivity contribution is 5.43. The molecule has 0 bridgehead atoms. The summed E-state index contributed by atoms with van der Waals surface area (Å²) in [6, 6.07) is 3.16. The first-order valence-corrected chi connectivity index (χ1v) is 4.64. The van der Waals surface area contributed by atoms with Crippen LogP contribution in [0.5, 0.6) is 11.5 Å². The molecule has 0 aromatic heterocycles. The second kappa shape index (κ2) is 3.90. The number of hydrogen-bond donors (Lipinski definition) is 0. The number of rotatable bonds is 1. The van der Waals surface area contributed by atoms with Crippen LogP contribution in [0.3, 0.4) is 0 Å². The molecule has 0 saturated carbocycles. The highest BCUT2D eigenvalue weighted by atomic mass is 16.7. The molecule has 4 nitrogen and oxygen atoms in total. The lowest BCUT2D eigenvalue weighted by atomic mass is 10.1. The molecule has 4 heteroatoms. The van der Waals surface area contributed by atoms with Gasteiger partial charge in [-0.2, -0.15) is 0 Å². The van der Waals surface area contributed by atoms with Crippen molar-refractivity contribution in [2.45, 2.75) is 13.5 Å². The molecule has 0 unspecified atom stereocenters. The first-order chi connectivity index (χ1) is 7.22.